The molecule has 1 aromatic carbocycles. The highest BCUT2D eigenvalue weighted by Crippen LogP contribution is 2.17. The van der Waals surface area contributed by atoms with Gasteiger partial charge in [0.05, 0.1) is 17.6 Å². The summed E-state index contributed by atoms with van der Waals surface area (Å²) in [6.45, 7) is 1.31. The smallest absolute Gasteiger partial charge is 0.176 e. The van der Waals surface area contributed by atoms with Gasteiger partial charge in [-0.05, 0) is 19.4 Å². The molecule has 1 atom stereocenters. The summed E-state index contributed by atoms with van der Waals surface area (Å²) in [5.41, 5.74) is 6.43. The molecule has 17 heavy (non-hydrogen) atoms. The number of likely N-dealkylation sites (tertiary alicyclic amines) is 1. The van der Waals surface area contributed by atoms with Gasteiger partial charge in [-0.1, -0.05) is 42.5 Å². The minimum absolute atomic E-state index is 0.0951. The summed E-state index contributed by atoms with van der Waals surface area (Å²) in [5, 5.41) is 0. The van der Waals surface area contributed by atoms with Crippen molar-refractivity contribution in [3.05, 3.63) is 35.9 Å². The van der Waals surface area contributed by atoms with Crippen LogP contribution in [-0.4, -0.2) is 34.8 Å². The van der Waals surface area contributed by atoms with Gasteiger partial charge in [0.2, 0.25) is 0 Å². The maximum absolute atomic E-state index is 12.0. The molecule has 1 heterocycles. The van der Waals surface area contributed by atoms with E-state index in [0.29, 0.717) is 11.5 Å². The molecule has 0 aliphatic carbocycles. The number of rotatable bonds is 4. The van der Waals surface area contributed by atoms with Gasteiger partial charge in [-0.3, -0.25) is 9.69 Å². The minimum atomic E-state index is 0.0951. The molecule has 1 aliphatic rings. The van der Waals surface area contributed by atoms with Gasteiger partial charge in [-0.15, -0.1) is 0 Å². The lowest BCUT2D eigenvalue weighted by Crippen LogP contribution is -2.41. The van der Waals surface area contributed by atoms with E-state index in [4.69, 9.17) is 18.0 Å². The van der Waals surface area contributed by atoms with Crippen molar-refractivity contribution in [2.24, 2.45) is 5.73 Å². The summed E-state index contributed by atoms with van der Waals surface area (Å²) in [4.78, 5) is 14.6. The van der Waals surface area contributed by atoms with E-state index < -0.39 is 0 Å². The molecule has 0 amide bonds. The molecule has 0 spiro atoms. The van der Waals surface area contributed by atoms with Crippen LogP contribution in [0.2, 0.25) is 0 Å². The maximum atomic E-state index is 12.0. The Bertz CT molecular complexity index is 419. The minimum Gasteiger partial charge on any atom is -0.392 e. The maximum Gasteiger partial charge on any atom is 0.176 e. The van der Waals surface area contributed by atoms with E-state index in [-0.39, 0.29) is 11.8 Å². The normalized spacial score (nSPS) is 20.4. The zero-order chi connectivity index (χ0) is 12.3. The first kappa shape index (κ1) is 12.2. The SMILES string of the molecule is NC(=S)[C@@H]1CCCN1CC(=O)c1ccccc1. The van der Waals surface area contributed by atoms with Crippen LogP contribution < -0.4 is 5.73 Å². The Morgan fingerprint density at radius 3 is 2.76 bits per heavy atom. The molecule has 0 unspecified atom stereocenters. The average molecular weight is 248 g/mol. The number of carbonyl (C=O) groups excluding carboxylic acids is 1. The zero-order valence-corrected chi connectivity index (χ0v) is 10.5. The molecule has 3 nitrogen and oxygen atoms in total. The second kappa shape index (κ2) is 5.38. The first-order valence-corrected chi connectivity index (χ1v) is 6.21. The van der Waals surface area contributed by atoms with Gasteiger partial charge < -0.3 is 5.73 Å². The fraction of sp³-hybridized carbons (Fsp3) is 0.385. The number of Topliss-reactive ketones (excluding diaryl/α,β-unsaturated/α-hetero) is 1. The summed E-state index contributed by atoms with van der Waals surface area (Å²) in [6.07, 6.45) is 2.03. The third-order valence-corrected chi connectivity index (χ3v) is 3.41. The Kier molecular flexibility index (Phi) is 3.86. The lowest BCUT2D eigenvalue weighted by Gasteiger charge is -2.22. The highest BCUT2D eigenvalue weighted by Gasteiger charge is 2.28. The fourth-order valence-corrected chi connectivity index (χ4v) is 2.50. The number of hydrogen-bond donors (Lipinski definition) is 1. The van der Waals surface area contributed by atoms with Gasteiger partial charge in [0.15, 0.2) is 5.78 Å². The highest BCUT2D eigenvalue weighted by atomic mass is 32.1. The van der Waals surface area contributed by atoms with Crippen LogP contribution in [0, 0.1) is 0 Å². The predicted octanol–water partition coefficient (Wildman–Crippen LogP) is 1.62. The summed E-state index contributed by atoms with van der Waals surface area (Å²) < 4.78 is 0. The average Bonchev–Trinajstić information content (AvgIpc) is 2.78. The molecule has 4 heteroatoms. The number of thiocarbonyl (C=S) groups is 1. The van der Waals surface area contributed by atoms with E-state index in [1.807, 2.05) is 30.3 Å². The molecular formula is C13H16N2OS. The Labute approximate surface area is 107 Å². The summed E-state index contributed by atoms with van der Waals surface area (Å²) in [7, 11) is 0. The van der Waals surface area contributed by atoms with Crippen LogP contribution >= 0.6 is 12.2 Å². The van der Waals surface area contributed by atoms with Crippen LogP contribution in [0.4, 0.5) is 0 Å². The van der Waals surface area contributed by atoms with Crippen molar-refractivity contribution in [1.82, 2.24) is 4.90 Å². The van der Waals surface area contributed by atoms with E-state index in [1.165, 1.54) is 0 Å². The number of hydrogen-bond acceptors (Lipinski definition) is 3. The number of benzene rings is 1. The van der Waals surface area contributed by atoms with E-state index >= 15 is 0 Å². The quantitative estimate of drug-likeness (QED) is 0.649. The van der Waals surface area contributed by atoms with Gasteiger partial charge in [0, 0.05) is 5.56 Å². The number of carbonyl (C=O) groups is 1. The van der Waals surface area contributed by atoms with Gasteiger partial charge in [0.25, 0.3) is 0 Å². The second-order valence-corrected chi connectivity index (χ2v) is 4.79. The summed E-state index contributed by atoms with van der Waals surface area (Å²) in [5.74, 6) is 0.133. The molecule has 1 aliphatic heterocycles. The highest BCUT2D eigenvalue weighted by molar-refractivity contribution is 7.80. The van der Waals surface area contributed by atoms with Crippen molar-refractivity contribution in [2.75, 3.05) is 13.1 Å². The summed E-state index contributed by atoms with van der Waals surface area (Å²) in [6, 6.07) is 9.44. The molecule has 0 saturated carbocycles. The summed E-state index contributed by atoms with van der Waals surface area (Å²) >= 11 is 5.03. The monoisotopic (exact) mass is 248 g/mol. The van der Waals surface area contributed by atoms with Crippen LogP contribution in [0.5, 0.6) is 0 Å². The Balaban J connectivity index is 2.02. The van der Waals surface area contributed by atoms with E-state index in [9.17, 15) is 4.79 Å². The molecule has 90 valence electrons. The van der Waals surface area contributed by atoms with Crippen molar-refractivity contribution < 1.29 is 4.79 Å². The van der Waals surface area contributed by atoms with Crippen LogP contribution in [0.1, 0.15) is 23.2 Å². The molecule has 0 radical (unpaired) electrons. The molecule has 2 rings (SSSR count). The lowest BCUT2D eigenvalue weighted by molar-refractivity contribution is 0.0936. The van der Waals surface area contributed by atoms with Crippen molar-refractivity contribution in [2.45, 2.75) is 18.9 Å². The topological polar surface area (TPSA) is 46.3 Å². The molecule has 1 saturated heterocycles. The fourth-order valence-electron chi connectivity index (χ4n) is 2.24. The molecule has 0 aromatic heterocycles. The van der Waals surface area contributed by atoms with Crippen molar-refractivity contribution >= 4 is 23.0 Å². The molecule has 2 N–H and O–H groups in total. The largest absolute Gasteiger partial charge is 0.392 e. The lowest BCUT2D eigenvalue weighted by atomic mass is 10.1. The predicted molar refractivity (Wildman–Crippen MR) is 72.2 cm³/mol. The number of nitrogens with zero attached hydrogens (tertiary/aromatic N) is 1. The molecular weight excluding hydrogens is 232 g/mol. The molecule has 0 bridgehead atoms. The molecule has 1 aromatic rings. The van der Waals surface area contributed by atoms with Crippen LogP contribution in [0.25, 0.3) is 0 Å². The van der Waals surface area contributed by atoms with Gasteiger partial charge in [-0.25, -0.2) is 0 Å². The first-order valence-electron chi connectivity index (χ1n) is 5.80. The standard InChI is InChI=1S/C13H16N2OS/c14-13(17)11-7-4-8-15(11)9-12(16)10-5-2-1-3-6-10/h1-3,5-6,11H,4,7-9H2,(H2,14,17)/t11-/m0/s1. The second-order valence-electron chi connectivity index (χ2n) is 4.32. The molecule has 1 fully saturated rings. The van der Waals surface area contributed by atoms with E-state index in [0.717, 1.165) is 24.9 Å². The van der Waals surface area contributed by atoms with E-state index in [1.54, 1.807) is 0 Å². The first-order chi connectivity index (χ1) is 8.18. The van der Waals surface area contributed by atoms with Crippen molar-refractivity contribution in [3.8, 4) is 0 Å². The van der Waals surface area contributed by atoms with E-state index in [2.05, 4.69) is 4.90 Å². The Morgan fingerprint density at radius 1 is 1.41 bits per heavy atom. The van der Waals surface area contributed by atoms with Crippen LogP contribution in [0.3, 0.4) is 0 Å². The van der Waals surface area contributed by atoms with Gasteiger partial charge >= 0.3 is 0 Å². The van der Waals surface area contributed by atoms with Gasteiger partial charge in [-0.2, -0.15) is 0 Å². The third-order valence-electron chi connectivity index (χ3n) is 3.13. The number of nitrogens with two attached hydrogens (primary N) is 1. The van der Waals surface area contributed by atoms with Crippen LogP contribution in [-0.2, 0) is 0 Å². The van der Waals surface area contributed by atoms with Crippen molar-refractivity contribution in [3.63, 3.8) is 0 Å². The third kappa shape index (κ3) is 2.90. The number of ketones is 1. The Morgan fingerprint density at radius 2 is 2.12 bits per heavy atom. The zero-order valence-electron chi connectivity index (χ0n) is 9.63. The van der Waals surface area contributed by atoms with Gasteiger partial charge in [0.1, 0.15) is 0 Å². The van der Waals surface area contributed by atoms with Crippen molar-refractivity contribution in [1.29, 1.82) is 0 Å². The Hall–Kier alpha value is -1.26. The van der Waals surface area contributed by atoms with Crippen LogP contribution in [0.15, 0.2) is 30.3 Å².